The minimum Gasteiger partial charge on any atom is -0.373 e. The van der Waals surface area contributed by atoms with Crippen LogP contribution in [0.1, 0.15) is 60.8 Å². The van der Waals surface area contributed by atoms with Crippen LogP contribution in [0.5, 0.6) is 0 Å². The molecule has 3 nitrogen and oxygen atoms in total. The van der Waals surface area contributed by atoms with Crippen LogP contribution in [-0.2, 0) is 28.5 Å². The van der Waals surface area contributed by atoms with Crippen LogP contribution in [0, 0.1) is 11.7 Å². The molecule has 4 rings (SSSR count). The number of hydrogen-bond acceptors (Lipinski definition) is 2. The first-order chi connectivity index (χ1) is 16.3. The van der Waals surface area contributed by atoms with Crippen molar-refractivity contribution in [3.8, 4) is 0 Å². The van der Waals surface area contributed by atoms with E-state index in [2.05, 4.69) is 5.32 Å². The maximum Gasteiger partial charge on any atom is 0.416 e. The first-order valence-electron chi connectivity index (χ1n) is 11.2. The van der Waals surface area contributed by atoms with Crippen molar-refractivity contribution in [3.05, 3.63) is 70.5 Å². The van der Waals surface area contributed by atoms with E-state index in [0.29, 0.717) is 37.8 Å². The maximum absolute atomic E-state index is 13.6. The molecule has 1 saturated heterocycles. The molecule has 0 bridgehead atoms. The van der Waals surface area contributed by atoms with E-state index >= 15 is 0 Å². The molecule has 10 heteroatoms. The quantitative estimate of drug-likeness (QED) is 0.467. The van der Waals surface area contributed by atoms with Gasteiger partial charge >= 0.3 is 12.4 Å². The number of halogens is 7. The second kappa shape index (κ2) is 9.11. The van der Waals surface area contributed by atoms with Crippen LogP contribution in [0.3, 0.4) is 0 Å². The van der Waals surface area contributed by atoms with Crippen molar-refractivity contribution in [3.63, 3.8) is 0 Å². The molecule has 2 aromatic carbocycles. The van der Waals surface area contributed by atoms with Gasteiger partial charge in [-0.3, -0.25) is 4.79 Å². The van der Waals surface area contributed by atoms with Gasteiger partial charge in [0.15, 0.2) is 0 Å². The summed E-state index contributed by atoms with van der Waals surface area (Å²) < 4.78 is 98.8. The van der Waals surface area contributed by atoms with Gasteiger partial charge in [-0.15, -0.1) is 0 Å². The molecule has 190 valence electrons. The fourth-order valence-corrected chi connectivity index (χ4v) is 5.40. The summed E-state index contributed by atoms with van der Waals surface area (Å²) in [6, 6.07) is 7.18. The van der Waals surface area contributed by atoms with Gasteiger partial charge in [-0.25, -0.2) is 4.39 Å². The minimum atomic E-state index is -4.94. The Morgan fingerprint density at radius 2 is 1.57 bits per heavy atom. The number of hydrogen-bond donors (Lipinski definition) is 1. The highest BCUT2D eigenvalue weighted by molar-refractivity contribution is 5.79. The molecule has 0 spiro atoms. The fourth-order valence-electron chi connectivity index (χ4n) is 5.40. The molecule has 35 heavy (non-hydrogen) atoms. The normalized spacial score (nSPS) is 27.3. The Morgan fingerprint density at radius 3 is 2.09 bits per heavy atom. The van der Waals surface area contributed by atoms with Gasteiger partial charge in [-0.1, -0.05) is 12.1 Å². The van der Waals surface area contributed by atoms with Gasteiger partial charge in [-0.2, -0.15) is 26.3 Å². The number of nitrogens with one attached hydrogen (secondary N) is 1. The van der Waals surface area contributed by atoms with Gasteiger partial charge in [0.2, 0.25) is 5.91 Å². The number of rotatable bonds is 5. The Kier molecular flexibility index (Phi) is 6.63. The molecule has 0 unspecified atom stereocenters. The number of alkyl halides is 6. The highest BCUT2D eigenvalue weighted by Crippen LogP contribution is 2.49. The zero-order valence-electron chi connectivity index (χ0n) is 18.8. The van der Waals surface area contributed by atoms with Crippen molar-refractivity contribution in [1.82, 2.24) is 5.32 Å². The molecular weight excluding hydrogens is 479 g/mol. The van der Waals surface area contributed by atoms with Gasteiger partial charge in [-0.05, 0) is 73.6 Å². The molecule has 2 aliphatic rings. The van der Waals surface area contributed by atoms with Crippen molar-refractivity contribution < 1.29 is 40.3 Å². The summed E-state index contributed by atoms with van der Waals surface area (Å²) in [5, 5.41) is 3.01. The molecule has 1 aliphatic heterocycles. The second-order valence-electron chi connectivity index (χ2n) is 9.49. The third-order valence-electron chi connectivity index (χ3n) is 7.08. The second-order valence-corrected chi connectivity index (χ2v) is 9.49. The summed E-state index contributed by atoms with van der Waals surface area (Å²) in [6.07, 6.45) is -8.37. The largest absolute Gasteiger partial charge is 0.416 e. The van der Waals surface area contributed by atoms with Gasteiger partial charge < -0.3 is 10.1 Å². The van der Waals surface area contributed by atoms with Crippen LogP contribution in [0.2, 0.25) is 0 Å². The van der Waals surface area contributed by atoms with Crippen LogP contribution in [-0.4, -0.2) is 17.6 Å². The Bertz CT molecular complexity index is 1050. The van der Waals surface area contributed by atoms with Crippen molar-refractivity contribution >= 4 is 5.91 Å². The highest BCUT2D eigenvalue weighted by Gasteiger charge is 2.50. The summed E-state index contributed by atoms with van der Waals surface area (Å²) in [4.78, 5) is 11.9. The monoisotopic (exact) mass is 503 g/mol. The average molecular weight is 503 g/mol. The van der Waals surface area contributed by atoms with Crippen LogP contribution in [0.25, 0.3) is 0 Å². The highest BCUT2D eigenvalue weighted by atomic mass is 19.4. The number of ether oxygens (including phenoxy) is 1. The molecule has 1 heterocycles. The van der Waals surface area contributed by atoms with E-state index in [0.717, 1.165) is 5.56 Å². The lowest BCUT2D eigenvalue weighted by molar-refractivity contribution is -0.143. The summed E-state index contributed by atoms with van der Waals surface area (Å²) in [5.41, 5.74) is -2.85. The summed E-state index contributed by atoms with van der Waals surface area (Å²) in [7, 11) is 0. The Labute approximate surface area is 197 Å². The lowest BCUT2D eigenvalue weighted by atomic mass is 9.74. The fraction of sp³-hybridized carbons (Fsp3) is 0.480. The number of amides is 1. The molecule has 2 aromatic rings. The Morgan fingerprint density at radius 1 is 0.971 bits per heavy atom. The minimum absolute atomic E-state index is 0.0834. The predicted molar refractivity (Wildman–Crippen MR) is 113 cm³/mol. The Hall–Kier alpha value is -2.62. The molecule has 0 aromatic heterocycles. The van der Waals surface area contributed by atoms with E-state index in [-0.39, 0.29) is 29.4 Å². The molecule has 1 saturated carbocycles. The van der Waals surface area contributed by atoms with Gasteiger partial charge in [0.1, 0.15) is 5.82 Å². The van der Waals surface area contributed by atoms with E-state index in [9.17, 15) is 35.5 Å². The van der Waals surface area contributed by atoms with Crippen molar-refractivity contribution in [2.75, 3.05) is 0 Å². The molecule has 1 amide bonds. The summed E-state index contributed by atoms with van der Waals surface area (Å²) >= 11 is 0. The zero-order valence-corrected chi connectivity index (χ0v) is 18.8. The van der Waals surface area contributed by atoms with Gasteiger partial charge in [0, 0.05) is 17.9 Å². The van der Waals surface area contributed by atoms with E-state index in [4.69, 9.17) is 4.74 Å². The topological polar surface area (TPSA) is 38.3 Å². The van der Waals surface area contributed by atoms with Gasteiger partial charge in [0.25, 0.3) is 0 Å². The van der Waals surface area contributed by atoms with Crippen molar-refractivity contribution in [1.29, 1.82) is 0 Å². The molecule has 2 fully saturated rings. The van der Waals surface area contributed by atoms with Crippen molar-refractivity contribution in [2.45, 2.75) is 69.1 Å². The van der Waals surface area contributed by atoms with E-state index < -0.39 is 47.5 Å². The van der Waals surface area contributed by atoms with E-state index in [1.54, 1.807) is 12.1 Å². The molecular formula is C25H24F7NO2. The third-order valence-corrected chi connectivity index (χ3v) is 7.08. The number of benzene rings is 2. The van der Waals surface area contributed by atoms with Crippen LogP contribution in [0.4, 0.5) is 30.7 Å². The number of carbonyl (C=O) groups is 1. The Balaban J connectivity index is 1.62. The smallest absolute Gasteiger partial charge is 0.373 e. The van der Waals surface area contributed by atoms with Crippen LogP contribution in [0.15, 0.2) is 42.5 Å². The lowest BCUT2D eigenvalue weighted by Crippen LogP contribution is -2.47. The first-order valence-corrected chi connectivity index (χ1v) is 11.2. The van der Waals surface area contributed by atoms with Crippen LogP contribution >= 0.6 is 0 Å². The molecule has 1 aliphatic carbocycles. The van der Waals surface area contributed by atoms with Crippen LogP contribution < -0.4 is 5.32 Å². The van der Waals surface area contributed by atoms with E-state index in [1.807, 2.05) is 6.92 Å². The number of carbonyl (C=O) groups excluding carboxylic acids is 1. The average Bonchev–Trinajstić information content (AvgIpc) is 3.35. The standard InChI is InChI=1S/C25H24F7NO2/c1-23(9-8-21(34)33-23)19-6-7-20(22(19)15-2-4-18(26)5-3-15)35-13-14-10-16(24(27,28)29)12-17(11-14)25(30,31)32/h2-5,10-12,19-20,22H,6-9,13H2,1H3,(H,33,34)/t19-,20+,22+,23-/m1/s1. The zero-order chi connectivity index (χ0) is 25.6. The van der Waals surface area contributed by atoms with Crippen molar-refractivity contribution in [2.24, 2.45) is 5.92 Å². The summed E-state index contributed by atoms with van der Waals surface area (Å²) in [6.45, 7) is 1.47. The first kappa shape index (κ1) is 25.5. The molecule has 0 radical (unpaired) electrons. The summed E-state index contributed by atoms with van der Waals surface area (Å²) in [5.74, 6) is -0.952. The van der Waals surface area contributed by atoms with E-state index in [1.165, 1.54) is 12.1 Å². The molecule has 4 atom stereocenters. The molecule has 1 N–H and O–H groups in total. The lowest BCUT2D eigenvalue weighted by Gasteiger charge is -2.37. The predicted octanol–water partition coefficient (Wildman–Crippen LogP) is 6.61. The SMILES string of the molecule is C[C@]1([C@@H]2CC[C@H](OCc3cc(C(F)(F)F)cc(C(F)(F)F)c3)[C@H]2c2ccc(F)cc2)CCC(=O)N1. The maximum atomic E-state index is 13.6. The van der Waals surface area contributed by atoms with Gasteiger partial charge in [0.05, 0.1) is 23.8 Å². The third kappa shape index (κ3) is 5.47.